The number of aromatic nitrogens is 1. The molecule has 0 radical (unpaired) electrons. The average Bonchev–Trinajstić information content (AvgIpc) is 3.02. The van der Waals surface area contributed by atoms with Crippen LogP contribution >= 0.6 is 0 Å². The van der Waals surface area contributed by atoms with Gasteiger partial charge in [-0.25, -0.2) is 9.18 Å². The van der Waals surface area contributed by atoms with Crippen LogP contribution in [-0.4, -0.2) is 15.6 Å². The highest BCUT2D eigenvalue weighted by molar-refractivity contribution is 5.98. The predicted molar refractivity (Wildman–Crippen MR) is 116 cm³/mol. The summed E-state index contributed by atoms with van der Waals surface area (Å²) in [6.07, 6.45) is 0. The predicted octanol–water partition coefficient (Wildman–Crippen LogP) is 5.13. The summed E-state index contributed by atoms with van der Waals surface area (Å²) in [4.78, 5) is 12.3. The Morgan fingerprint density at radius 1 is 0.967 bits per heavy atom. The van der Waals surface area contributed by atoms with E-state index in [1.807, 2.05) is 61.5 Å². The average molecular weight is 402 g/mol. The van der Waals surface area contributed by atoms with Crippen LogP contribution < -0.4 is 5.32 Å². The number of aromatic carboxylic acids is 1. The number of fused-ring (bicyclic) bond motifs is 1. The van der Waals surface area contributed by atoms with E-state index in [0.717, 1.165) is 33.2 Å². The van der Waals surface area contributed by atoms with E-state index in [2.05, 4.69) is 5.32 Å². The van der Waals surface area contributed by atoms with Crippen LogP contribution in [0.2, 0.25) is 0 Å². The van der Waals surface area contributed by atoms with Crippen LogP contribution in [0.5, 0.6) is 0 Å². The SMILES string of the molecule is Cc1ccc2c(CNCc3ccccc3)c(C(=O)O)n(Cc3cccc(F)c3)c2c1. The lowest BCUT2D eigenvalue weighted by atomic mass is 10.1. The second kappa shape index (κ2) is 8.51. The third kappa shape index (κ3) is 4.11. The van der Waals surface area contributed by atoms with Crippen LogP contribution in [0.1, 0.15) is 32.7 Å². The molecule has 3 aromatic carbocycles. The van der Waals surface area contributed by atoms with Crippen LogP contribution in [-0.2, 0) is 19.6 Å². The van der Waals surface area contributed by atoms with E-state index < -0.39 is 5.97 Å². The van der Waals surface area contributed by atoms with E-state index in [1.54, 1.807) is 10.6 Å². The monoisotopic (exact) mass is 402 g/mol. The van der Waals surface area contributed by atoms with Crippen molar-refractivity contribution in [2.75, 3.05) is 0 Å². The van der Waals surface area contributed by atoms with E-state index in [1.165, 1.54) is 12.1 Å². The van der Waals surface area contributed by atoms with Crippen molar-refractivity contribution in [3.63, 3.8) is 0 Å². The summed E-state index contributed by atoms with van der Waals surface area (Å²) < 4.78 is 15.5. The number of halogens is 1. The fourth-order valence-corrected chi connectivity index (χ4v) is 3.86. The number of nitrogens with one attached hydrogen (secondary N) is 1. The zero-order valence-electron chi connectivity index (χ0n) is 16.7. The van der Waals surface area contributed by atoms with Crippen molar-refractivity contribution in [2.45, 2.75) is 26.6 Å². The molecule has 4 nitrogen and oxygen atoms in total. The van der Waals surface area contributed by atoms with Crippen molar-refractivity contribution in [1.29, 1.82) is 0 Å². The number of hydrogen-bond acceptors (Lipinski definition) is 2. The molecule has 0 fully saturated rings. The Morgan fingerprint density at radius 2 is 1.73 bits per heavy atom. The van der Waals surface area contributed by atoms with Gasteiger partial charge in [0.1, 0.15) is 11.5 Å². The minimum atomic E-state index is -0.989. The van der Waals surface area contributed by atoms with Crippen molar-refractivity contribution in [1.82, 2.24) is 9.88 Å². The van der Waals surface area contributed by atoms with Gasteiger partial charge >= 0.3 is 5.97 Å². The van der Waals surface area contributed by atoms with Gasteiger partial charge in [-0.1, -0.05) is 54.6 Å². The first-order valence-corrected chi connectivity index (χ1v) is 9.87. The van der Waals surface area contributed by atoms with Gasteiger partial charge in [-0.15, -0.1) is 0 Å². The molecule has 0 atom stereocenters. The van der Waals surface area contributed by atoms with Crippen molar-refractivity contribution in [2.24, 2.45) is 0 Å². The number of aryl methyl sites for hydroxylation is 1. The molecule has 0 aliphatic rings. The molecule has 4 aromatic rings. The fraction of sp³-hybridized carbons (Fsp3) is 0.160. The Balaban J connectivity index is 1.75. The van der Waals surface area contributed by atoms with E-state index in [4.69, 9.17) is 0 Å². The Bertz CT molecular complexity index is 1200. The standard InChI is InChI=1S/C25H23FN2O2/c1-17-10-11-21-22(15-27-14-18-6-3-2-4-7-18)24(25(29)30)28(23(21)12-17)16-19-8-5-9-20(26)13-19/h2-13,27H,14-16H2,1H3,(H,29,30). The highest BCUT2D eigenvalue weighted by atomic mass is 19.1. The largest absolute Gasteiger partial charge is 0.477 e. The van der Waals surface area contributed by atoms with E-state index in [-0.39, 0.29) is 18.1 Å². The molecule has 1 aromatic heterocycles. The summed E-state index contributed by atoms with van der Waals surface area (Å²) in [7, 11) is 0. The molecule has 30 heavy (non-hydrogen) atoms. The Hall–Kier alpha value is -3.44. The molecule has 0 saturated carbocycles. The van der Waals surface area contributed by atoms with E-state index in [0.29, 0.717) is 13.1 Å². The first kappa shape index (κ1) is 19.9. The molecule has 0 bridgehead atoms. The Kier molecular flexibility index (Phi) is 5.63. The van der Waals surface area contributed by atoms with Gasteiger partial charge in [-0.2, -0.15) is 0 Å². The van der Waals surface area contributed by atoms with E-state index in [9.17, 15) is 14.3 Å². The molecule has 2 N–H and O–H groups in total. The molecular formula is C25H23FN2O2. The molecule has 0 aliphatic carbocycles. The maximum absolute atomic E-state index is 13.7. The molecule has 0 unspecified atom stereocenters. The number of rotatable bonds is 7. The van der Waals surface area contributed by atoms with Crippen molar-refractivity contribution < 1.29 is 14.3 Å². The number of carbonyl (C=O) groups is 1. The lowest BCUT2D eigenvalue weighted by molar-refractivity contribution is 0.0685. The summed E-state index contributed by atoms with van der Waals surface area (Å²) in [5.41, 5.74) is 4.72. The lowest BCUT2D eigenvalue weighted by Crippen LogP contribution is -2.17. The second-order valence-electron chi connectivity index (χ2n) is 7.46. The summed E-state index contributed by atoms with van der Waals surface area (Å²) in [6, 6.07) is 22.2. The number of benzene rings is 3. The molecule has 0 aliphatic heterocycles. The van der Waals surface area contributed by atoms with Crippen LogP contribution in [0.25, 0.3) is 10.9 Å². The van der Waals surface area contributed by atoms with Crippen LogP contribution in [0, 0.1) is 12.7 Å². The second-order valence-corrected chi connectivity index (χ2v) is 7.46. The van der Waals surface area contributed by atoms with Gasteiger partial charge < -0.3 is 15.0 Å². The summed E-state index contributed by atoms with van der Waals surface area (Å²) in [5.74, 6) is -1.32. The van der Waals surface area contributed by atoms with Crippen molar-refractivity contribution in [3.8, 4) is 0 Å². The maximum atomic E-state index is 13.7. The minimum Gasteiger partial charge on any atom is -0.477 e. The summed E-state index contributed by atoms with van der Waals surface area (Å²) in [5, 5.41) is 14.3. The molecule has 4 rings (SSSR count). The topological polar surface area (TPSA) is 54.3 Å². The first-order chi connectivity index (χ1) is 14.5. The molecule has 0 saturated heterocycles. The molecule has 5 heteroatoms. The lowest BCUT2D eigenvalue weighted by Gasteiger charge is -2.10. The van der Waals surface area contributed by atoms with Gasteiger partial charge in [-0.05, 0) is 41.8 Å². The fourth-order valence-electron chi connectivity index (χ4n) is 3.86. The van der Waals surface area contributed by atoms with Gasteiger partial charge in [-0.3, -0.25) is 0 Å². The maximum Gasteiger partial charge on any atom is 0.352 e. The Labute approximate surface area is 174 Å². The highest BCUT2D eigenvalue weighted by Gasteiger charge is 2.22. The third-order valence-electron chi connectivity index (χ3n) is 5.23. The van der Waals surface area contributed by atoms with Crippen LogP contribution in [0.15, 0.2) is 72.8 Å². The minimum absolute atomic E-state index is 0.237. The zero-order chi connectivity index (χ0) is 21.1. The zero-order valence-corrected chi connectivity index (χ0v) is 16.7. The number of hydrogen-bond donors (Lipinski definition) is 2. The van der Waals surface area contributed by atoms with Crippen molar-refractivity contribution >= 4 is 16.9 Å². The summed E-state index contributed by atoms with van der Waals surface area (Å²) in [6.45, 7) is 3.33. The smallest absolute Gasteiger partial charge is 0.352 e. The van der Waals surface area contributed by atoms with Gasteiger partial charge in [0.2, 0.25) is 0 Å². The van der Waals surface area contributed by atoms with Crippen LogP contribution in [0.4, 0.5) is 4.39 Å². The number of carboxylic acid groups (broad SMARTS) is 1. The number of nitrogens with zero attached hydrogens (tertiary/aromatic N) is 1. The first-order valence-electron chi connectivity index (χ1n) is 9.87. The van der Waals surface area contributed by atoms with Crippen LogP contribution in [0.3, 0.4) is 0 Å². The number of carboxylic acids is 1. The van der Waals surface area contributed by atoms with E-state index >= 15 is 0 Å². The molecule has 1 heterocycles. The van der Waals surface area contributed by atoms with Gasteiger partial charge in [0.25, 0.3) is 0 Å². The summed E-state index contributed by atoms with van der Waals surface area (Å²) >= 11 is 0. The molecule has 0 amide bonds. The quantitative estimate of drug-likeness (QED) is 0.451. The molecule has 0 spiro atoms. The van der Waals surface area contributed by atoms with Gasteiger partial charge in [0.05, 0.1) is 0 Å². The van der Waals surface area contributed by atoms with Gasteiger partial charge in [0, 0.05) is 36.1 Å². The Morgan fingerprint density at radius 3 is 2.47 bits per heavy atom. The third-order valence-corrected chi connectivity index (χ3v) is 5.23. The molecular weight excluding hydrogens is 379 g/mol. The van der Waals surface area contributed by atoms with Crippen molar-refractivity contribution in [3.05, 3.63) is 107 Å². The highest BCUT2D eigenvalue weighted by Crippen LogP contribution is 2.29. The normalized spacial score (nSPS) is 11.1. The van der Waals surface area contributed by atoms with Gasteiger partial charge in [0.15, 0.2) is 0 Å². The molecule has 152 valence electrons.